The maximum atomic E-state index is 9.39. The lowest BCUT2D eigenvalue weighted by Gasteiger charge is -2.31. The lowest BCUT2D eigenvalue weighted by molar-refractivity contribution is -0.191. The van der Waals surface area contributed by atoms with Gasteiger partial charge in [-0.3, -0.25) is 0 Å². The van der Waals surface area contributed by atoms with Crippen LogP contribution in [0.25, 0.3) is 0 Å². The molecule has 1 aliphatic rings. The second-order valence-electron chi connectivity index (χ2n) is 4.84. The highest BCUT2D eigenvalue weighted by Gasteiger charge is 2.50. The van der Waals surface area contributed by atoms with Crippen LogP contribution in [-0.4, -0.2) is 25.4 Å². The van der Waals surface area contributed by atoms with E-state index < -0.39 is 5.79 Å². The van der Waals surface area contributed by atoms with E-state index in [-0.39, 0.29) is 35.8 Å². The molecule has 2 rings (SSSR count). The maximum absolute atomic E-state index is 9.39. The zero-order chi connectivity index (χ0) is 18.4. The summed E-state index contributed by atoms with van der Waals surface area (Å²) >= 11 is 0. The summed E-state index contributed by atoms with van der Waals surface area (Å²) in [7, 11) is 1.50. The largest absolute Gasteiger partial charge is 0.497 e. The van der Waals surface area contributed by atoms with Crippen LogP contribution >= 0.6 is 0 Å². The number of hydrogen-bond acceptors (Lipinski definition) is 8. The van der Waals surface area contributed by atoms with Gasteiger partial charge in [0.2, 0.25) is 5.88 Å². The number of aliphatic hydroxyl groups excluding tert-OH is 1. The molecule has 1 heterocycles. The van der Waals surface area contributed by atoms with Gasteiger partial charge in [-0.25, -0.2) is 0 Å². The van der Waals surface area contributed by atoms with Crippen molar-refractivity contribution in [3.05, 3.63) is 52.4 Å². The molecule has 1 unspecified atom stereocenters. The molecule has 0 saturated heterocycles. The van der Waals surface area contributed by atoms with Gasteiger partial charge >= 0.3 is 0 Å². The Morgan fingerprint density at radius 1 is 1.24 bits per heavy atom. The van der Waals surface area contributed by atoms with Crippen molar-refractivity contribution in [3.8, 4) is 24.0 Å². The lowest BCUT2D eigenvalue weighted by atomic mass is 9.90. The van der Waals surface area contributed by atoms with E-state index in [2.05, 4.69) is 0 Å². The normalized spacial score (nSPS) is 18.8. The van der Waals surface area contributed by atoms with Gasteiger partial charge in [-0.1, -0.05) is 0 Å². The van der Waals surface area contributed by atoms with Crippen LogP contribution in [0.3, 0.4) is 0 Å². The van der Waals surface area contributed by atoms with Gasteiger partial charge in [0.25, 0.3) is 5.79 Å². The van der Waals surface area contributed by atoms with Gasteiger partial charge in [0.1, 0.15) is 35.1 Å². The Balaban J connectivity index is 2.75. The van der Waals surface area contributed by atoms with Crippen molar-refractivity contribution >= 4 is 0 Å². The van der Waals surface area contributed by atoms with E-state index >= 15 is 0 Å². The topological polar surface area (TPSA) is 145 Å². The monoisotopic (exact) mass is 338 g/mol. The molecule has 25 heavy (non-hydrogen) atoms. The van der Waals surface area contributed by atoms with E-state index in [1.54, 1.807) is 36.4 Å². The smallest absolute Gasteiger partial charge is 0.269 e. The molecule has 0 aliphatic carbocycles. The fourth-order valence-corrected chi connectivity index (χ4v) is 2.47. The number of rotatable bonds is 5. The molecule has 0 amide bonds. The number of nitriles is 3. The maximum Gasteiger partial charge on any atom is 0.269 e. The number of nitrogens with two attached hydrogens (primary N) is 1. The SMILES string of the molecule is COc1ccc(C2(OCCO)OC(N)=C(C#N)C2=C(C#N)C#N)cc1. The van der Waals surface area contributed by atoms with Gasteiger partial charge in [0.15, 0.2) is 0 Å². The summed E-state index contributed by atoms with van der Waals surface area (Å²) in [6, 6.07) is 11.7. The van der Waals surface area contributed by atoms with Crippen LogP contribution in [0.15, 0.2) is 46.9 Å². The van der Waals surface area contributed by atoms with Crippen molar-refractivity contribution in [2.24, 2.45) is 5.73 Å². The molecule has 1 aromatic carbocycles. The number of nitrogens with zero attached hydrogens (tertiary/aromatic N) is 3. The molecule has 0 fully saturated rings. The molecule has 0 bridgehead atoms. The molecule has 0 saturated carbocycles. The molecule has 1 aromatic rings. The summed E-state index contributed by atoms with van der Waals surface area (Å²) in [4.78, 5) is 0. The molecule has 8 heteroatoms. The average molecular weight is 338 g/mol. The van der Waals surface area contributed by atoms with Crippen LogP contribution in [0, 0.1) is 34.0 Å². The molecule has 0 spiro atoms. The van der Waals surface area contributed by atoms with Crippen LogP contribution in [0.5, 0.6) is 5.75 Å². The number of ether oxygens (including phenoxy) is 3. The van der Waals surface area contributed by atoms with E-state index in [1.165, 1.54) is 7.11 Å². The van der Waals surface area contributed by atoms with Crippen molar-refractivity contribution in [2.45, 2.75) is 5.79 Å². The zero-order valence-electron chi connectivity index (χ0n) is 13.3. The average Bonchev–Trinajstić information content (AvgIpc) is 2.94. The van der Waals surface area contributed by atoms with E-state index in [0.717, 1.165) is 0 Å². The molecule has 3 N–H and O–H groups in total. The van der Waals surface area contributed by atoms with Crippen molar-refractivity contribution in [1.29, 1.82) is 15.8 Å². The van der Waals surface area contributed by atoms with Gasteiger partial charge in [0, 0.05) is 5.56 Å². The summed E-state index contributed by atoms with van der Waals surface area (Å²) < 4.78 is 16.4. The Morgan fingerprint density at radius 3 is 2.36 bits per heavy atom. The Hall–Kier alpha value is -3.51. The Kier molecular flexibility index (Phi) is 5.26. The van der Waals surface area contributed by atoms with Crippen molar-refractivity contribution in [3.63, 3.8) is 0 Å². The van der Waals surface area contributed by atoms with Gasteiger partial charge in [0.05, 0.1) is 25.9 Å². The number of allylic oxidation sites excluding steroid dienone is 1. The van der Waals surface area contributed by atoms with E-state index in [1.807, 2.05) is 6.07 Å². The summed E-state index contributed by atoms with van der Waals surface area (Å²) in [6.45, 7) is -0.517. The highest BCUT2D eigenvalue weighted by atomic mass is 16.7. The fraction of sp³-hybridized carbons (Fsp3) is 0.235. The first-order valence-corrected chi connectivity index (χ1v) is 7.11. The Morgan fingerprint density at radius 2 is 1.88 bits per heavy atom. The van der Waals surface area contributed by atoms with Crippen molar-refractivity contribution in [2.75, 3.05) is 20.3 Å². The Bertz CT molecular complexity index is 837. The molecule has 1 atom stereocenters. The standard InChI is InChI=1S/C17H14N4O4/c1-23-13-4-2-12(3-5-13)17(24-7-6-22)15(11(8-18)9-19)14(10-20)16(21)25-17/h2-5,22H,6-7,21H2,1H3. The van der Waals surface area contributed by atoms with Crippen LogP contribution in [0.2, 0.25) is 0 Å². The first-order chi connectivity index (χ1) is 12.1. The first kappa shape index (κ1) is 17.8. The van der Waals surface area contributed by atoms with E-state index in [0.29, 0.717) is 11.3 Å². The second-order valence-corrected chi connectivity index (χ2v) is 4.84. The predicted octanol–water partition coefficient (Wildman–Crippen LogP) is 0.925. The van der Waals surface area contributed by atoms with E-state index in [4.69, 9.17) is 25.1 Å². The molecule has 0 radical (unpaired) electrons. The first-order valence-electron chi connectivity index (χ1n) is 7.11. The number of benzene rings is 1. The van der Waals surface area contributed by atoms with Crippen molar-refractivity contribution < 1.29 is 19.3 Å². The van der Waals surface area contributed by atoms with Gasteiger partial charge in [-0.15, -0.1) is 0 Å². The minimum Gasteiger partial charge on any atom is -0.497 e. The molecule has 0 aromatic heterocycles. The highest BCUT2D eigenvalue weighted by molar-refractivity contribution is 5.62. The molecule has 1 aliphatic heterocycles. The van der Waals surface area contributed by atoms with Crippen LogP contribution < -0.4 is 10.5 Å². The lowest BCUT2D eigenvalue weighted by Crippen LogP contribution is -2.34. The van der Waals surface area contributed by atoms with Crippen LogP contribution in [0.1, 0.15) is 5.56 Å². The summed E-state index contributed by atoms with van der Waals surface area (Å²) in [5.74, 6) is -1.49. The minimum absolute atomic E-state index is 0.0869. The van der Waals surface area contributed by atoms with Crippen molar-refractivity contribution in [1.82, 2.24) is 0 Å². The van der Waals surface area contributed by atoms with Gasteiger partial charge in [-0.2, -0.15) is 15.8 Å². The number of methoxy groups -OCH3 is 1. The number of aliphatic hydroxyl groups is 1. The minimum atomic E-state index is -1.79. The summed E-state index contributed by atoms with van der Waals surface area (Å²) in [6.07, 6.45) is 0. The Labute approximate surface area is 144 Å². The quantitative estimate of drug-likeness (QED) is 0.754. The van der Waals surface area contributed by atoms with Gasteiger partial charge in [-0.05, 0) is 24.3 Å². The van der Waals surface area contributed by atoms with Crippen LogP contribution in [0.4, 0.5) is 0 Å². The number of hydrogen-bond donors (Lipinski definition) is 2. The molecule has 8 nitrogen and oxygen atoms in total. The zero-order valence-corrected chi connectivity index (χ0v) is 13.3. The van der Waals surface area contributed by atoms with Crippen LogP contribution in [-0.2, 0) is 15.3 Å². The second kappa shape index (κ2) is 7.37. The molecular formula is C17H14N4O4. The summed E-state index contributed by atoms with van der Waals surface area (Å²) in [5, 5.41) is 37.1. The predicted molar refractivity (Wildman–Crippen MR) is 83.9 cm³/mol. The third-order valence-electron chi connectivity index (χ3n) is 3.53. The molecular weight excluding hydrogens is 324 g/mol. The van der Waals surface area contributed by atoms with E-state index in [9.17, 15) is 15.8 Å². The summed E-state index contributed by atoms with van der Waals surface area (Å²) in [5.41, 5.74) is 5.55. The van der Waals surface area contributed by atoms with Gasteiger partial charge < -0.3 is 25.1 Å². The third kappa shape index (κ3) is 2.98. The third-order valence-corrected chi connectivity index (χ3v) is 3.53. The fourth-order valence-electron chi connectivity index (χ4n) is 2.47. The highest BCUT2D eigenvalue weighted by Crippen LogP contribution is 2.47. The molecule has 126 valence electrons.